The Bertz CT molecular complexity index is 619. The van der Waals surface area contributed by atoms with Crippen LogP contribution in [0.4, 0.5) is 10.5 Å². The van der Waals surface area contributed by atoms with Crippen LogP contribution in [0.15, 0.2) is 24.3 Å². The van der Waals surface area contributed by atoms with E-state index >= 15 is 0 Å². The standard InChI is InChI=1S/C18H25N3O3/c1-13-6-3-4-9-20(13)18(23)19-14-10-17(22)21(12-14)15-7-5-8-16(11-15)24-2/h5,7-8,11,13-14H,3-4,6,9-10,12H2,1-2H3,(H,19,23)/t13-,14-/m0/s1. The van der Waals surface area contributed by atoms with Gasteiger partial charge in [-0.15, -0.1) is 0 Å². The van der Waals surface area contributed by atoms with Crippen molar-refractivity contribution in [2.75, 3.05) is 25.1 Å². The summed E-state index contributed by atoms with van der Waals surface area (Å²) in [6, 6.07) is 7.51. The molecule has 0 aliphatic carbocycles. The molecule has 24 heavy (non-hydrogen) atoms. The lowest BCUT2D eigenvalue weighted by atomic mass is 10.0. The second kappa shape index (κ2) is 7.11. The van der Waals surface area contributed by atoms with Crippen molar-refractivity contribution in [3.8, 4) is 5.75 Å². The summed E-state index contributed by atoms with van der Waals surface area (Å²) in [5.41, 5.74) is 0.808. The van der Waals surface area contributed by atoms with Crippen LogP contribution in [0.25, 0.3) is 0 Å². The monoisotopic (exact) mass is 331 g/mol. The molecule has 2 aliphatic heterocycles. The lowest BCUT2D eigenvalue weighted by Crippen LogP contribution is -2.50. The van der Waals surface area contributed by atoms with E-state index < -0.39 is 0 Å². The number of nitrogens with zero attached hydrogens (tertiary/aromatic N) is 2. The van der Waals surface area contributed by atoms with Crippen molar-refractivity contribution in [3.63, 3.8) is 0 Å². The molecule has 0 bridgehead atoms. The normalized spacial score (nSPS) is 24.2. The first kappa shape index (κ1) is 16.6. The van der Waals surface area contributed by atoms with E-state index in [1.54, 1.807) is 12.0 Å². The van der Waals surface area contributed by atoms with Crippen molar-refractivity contribution in [2.45, 2.75) is 44.7 Å². The number of anilines is 1. The number of rotatable bonds is 3. The van der Waals surface area contributed by atoms with Crippen molar-refractivity contribution in [3.05, 3.63) is 24.3 Å². The van der Waals surface area contributed by atoms with Crippen LogP contribution in [0, 0.1) is 0 Å². The number of hydrogen-bond donors (Lipinski definition) is 1. The molecule has 0 spiro atoms. The van der Waals surface area contributed by atoms with Gasteiger partial charge in [-0.05, 0) is 38.3 Å². The van der Waals surface area contributed by atoms with Crippen molar-refractivity contribution in [1.82, 2.24) is 10.2 Å². The van der Waals surface area contributed by atoms with Crippen LogP contribution in [-0.2, 0) is 4.79 Å². The molecule has 2 atom stereocenters. The average Bonchev–Trinajstić information content (AvgIpc) is 2.95. The van der Waals surface area contributed by atoms with E-state index in [0.717, 1.165) is 30.8 Å². The topological polar surface area (TPSA) is 61.9 Å². The van der Waals surface area contributed by atoms with Crippen LogP contribution < -0.4 is 15.0 Å². The van der Waals surface area contributed by atoms with Gasteiger partial charge in [0.2, 0.25) is 5.91 Å². The minimum Gasteiger partial charge on any atom is -0.497 e. The lowest BCUT2D eigenvalue weighted by Gasteiger charge is -2.34. The number of benzene rings is 1. The predicted octanol–water partition coefficient (Wildman–Crippen LogP) is 2.38. The first-order valence-electron chi connectivity index (χ1n) is 8.60. The van der Waals surface area contributed by atoms with Crippen LogP contribution in [-0.4, -0.2) is 49.1 Å². The van der Waals surface area contributed by atoms with E-state index in [1.807, 2.05) is 29.2 Å². The lowest BCUT2D eigenvalue weighted by molar-refractivity contribution is -0.117. The Morgan fingerprint density at radius 1 is 1.33 bits per heavy atom. The average molecular weight is 331 g/mol. The number of carbonyl (C=O) groups excluding carboxylic acids is 2. The number of carbonyl (C=O) groups is 2. The minimum absolute atomic E-state index is 0.0280. The Labute approximate surface area is 142 Å². The first-order valence-corrected chi connectivity index (χ1v) is 8.60. The molecule has 3 amide bonds. The third-order valence-corrected chi connectivity index (χ3v) is 4.88. The molecule has 2 heterocycles. The molecule has 6 nitrogen and oxygen atoms in total. The van der Waals surface area contributed by atoms with Crippen LogP contribution >= 0.6 is 0 Å². The Kier molecular flexibility index (Phi) is 4.92. The fourth-order valence-electron chi connectivity index (χ4n) is 3.49. The molecule has 2 fully saturated rings. The van der Waals surface area contributed by atoms with Gasteiger partial charge in [-0.2, -0.15) is 0 Å². The molecule has 0 aromatic heterocycles. The van der Waals surface area contributed by atoms with Crippen LogP contribution in [0.2, 0.25) is 0 Å². The first-order chi connectivity index (χ1) is 11.6. The van der Waals surface area contributed by atoms with Crippen molar-refractivity contribution >= 4 is 17.6 Å². The minimum atomic E-state index is -0.148. The Morgan fingerprint density at radius 2 is 2.17 bits per heavy atom. The second-order valence-corrected chi connectivity index (χ2v) is 6.59. The van der Waals surface area contributed by atoms with Gasteiger partial charge in [0.15, 0.2) is 0 Å². The molecule has 0 radical (unpaired) electrons. The summed E-state index contributed by atoms with van der Waals surface area (Å²) in [5.74, 6) is 0.746. The van der Waals surface area contributed by atoms with Gasteiger partial charge in [0.25, 0.3) is 0 Å². The van der Waals surface area contributed by atoms with Crippen molar-refractivity contribution in [1.29, 1.82) is 0 Å². The maximum absolute atomic E-state index is 12.5. The fourth-order valence-corrected chi connectivity index (χ4v) is 3.49. The zero-order chi connectivity index (χ0) is 17.1. The summed E-state index contributed by atoms with van der Waals surface area (Å²) < 4.78 is 5.22. The maximum Gasteiger partial charge on any atom is 0.317 e. The summed E-state index contributed by atoms with van der Waals surface area (Å²) in [5, 5.41) is 3.03. The molecule has 6 heteroatoms. The number of likely N-dealkylation sites (tertiary alicyclic amines) is 1. The van der Waals surface area contributed by atoms with Crippen molar-refractivity contribution in [2.24, 2.45) is 0 Å². The fraction of sp³-hybridized carbons (Fsp3) is 0.556. The molecule has 1 aromatic carbocycles. The highest BCUT2D eigenvalue weighted by Gasteiger charge is 2.33. The van der Waals surface area contributed by atoms with Gasteiger partial charge in [0.05, 0.1) is 13.2 Å². The Balaban J connectivity index is 1.63. The molecule has 3 rings (SSSR count). The Morgan fingerprint density at radius 3 is 2.92 bits per heavy atom. The van der Waals surface area contributed by atoms with Gasteiger partial charge in [0, 0.05) is 37.3 Å². The number of nitrogens with one attached hydrogen (secondary N) is 1. The molecule has 0 unspecified atom stereocenters. The summed E-state index contributed by atoms with van der Waals surface area (Å²) in [7, 11) is 1.60. The summed E-state index contributed by atoms with van der Waals surface area (Å²) in [4.78, 5) is 28.4. The van der Waals surface area contributed by atoms with E-state index in [9.17, 15) is 9.59 Å². The zero-order valence-electron chi connectivity index (χ0n) is 14.3. The van der Waals surface area contributed by atoms with Crippen LogP contribution in [0.5, 0.6) is 5.75 Å². The maximum atomic E-state index is 12.5. The molecule has 1 aromatic rings. The van der Waals surface area contributed by atoms with Gasteiger partial charge in [-0.3, -0.25) is 4.79 Å². The highest BCUT2D eigenvalue weighted by molar-refractivity contribution is 5.97. The summed E-state index contributed by atoms with van der Waals surface area (Å²) in [6.07, 6.45) is 3.62. The number of hydrogen-bond acceptors (Lipinski definition) is 3. The van der Waals surface area contributed by atoms with Gasteiger partial charge in [0.1, 0.15) is 5.75 Å². The van der Waals surface area contributed by atoms with E-state index in [2.05, 4.69) is 12.2 Å². The van der Waals surface area contributed by atoms with E-state index in [-0.39, 0.29) is 24.0 Å². The predicted molar refractivity (Wildman–Crippen MR) is 92.3 cm³/mol. The summed E-state index contributed by atoms with van der Waals surface area (Å²) in [6.45, 7) is 3.38. The molecule has 2 aliphatic rings. The molecule has 1 N–H and O–H groups in total. The number of ether oxygens (including phenoxy) is 1. The molecule has 0 saturated carbocycles. The van der Waals surface area contributed by atoms with Gasteiger partial charge in [-0.1, -0.05) is 6.07 Å². The van der Waals surface area contributed by atoms with E-state index in [4.69, 9.17) is 4.74 Å². The molecular formula is C18H25N3O3. The number of urea groups is 1. The van der Waals surface area contributed by atoms with Gasteiger partial charge in [-0.25, -0.2) is 4.79 Å². The quantitative estimate of drug-likeness (QED) is 0.925. The number of methoxy groups -OCH3 is 1. The van der Waals surface area contributed by atoms with Crippen LogP contribution in [0.3, 0.4) is 0 Å². The summed E-state index contributed by atoms with van der Waals surface area (Å²) >= 11 is 0. The van der Waals surface area contributed by atoms with Gasteiger partial charge >= 0.3 is 6.03 Å². The molecule has 130 valence electrons. The second-order valence-electron chi connectivity index (χ2n) is 6.59. The third kappa shape index (κ3) is 3.47. The number of piperidine rings is 1. The highest BCUT2D eigenvalue weighted by atomic mass is 16.5. The van der Waals surface area contributed by atoms with E-state index in [0.29, 0.717) is 13.0 Å². The largest absolute Gasteiger partial charge is 0.497 e. The third-order valence-electron chi connectivity index (χ3n) is 4.88. The van der Waals surface area contributed by atoms with Crippen LogP contribution in [0.1, 0.15) is 32.6 Å². The Hall–Kier alpha value is -2.24. The number of amides is 3. The molecule has 2 saturated heterocycles. The van der Waals surface area contributed by atoms with Gasteiger partial charge < -0.3 is 19.9 Å². The van der Waals surface area contributed by atoms with E-state index in [1.165, 1.54) is 6.42 Å². The SMILES string of the molecule is COc1cccc(N2C[C@@H](NC(=O)N3CCCC[C@@H]3C)CC2=O)c1. The highest BCUT2D eigenvalue weighted by Crippen LogP contribution is 2.25. The smallest absolute Gasteiger partial charge is 0.317 e. The van der Waals surface area contributed by atoms with Crippen molar-refractivity contribution < 1.29 is 14.3 Å². The molecular weight excluding hydrogens is 306 g/mol. The zero-order valence-corrected chi connectivity index (χ0v) is 14.3.